The highest BCUT2D eigenvalue weighted by Crippen LogP contribution is 2.27. The van der Waals surface area contributed by atoms with E-state index in [0.29, 0.717) is 12.8 Å². The number of carbonyl (C=O) groups is 3. The number of esters is 2. The van der Waals surface area contributed by atoms with E-state index in [4.69, 9.17) is 14.6 Å². The second-order valence-corrected chi connectivity index (χ2v) is 4.94. The van der Waals surface area contributed by atoms with E-state index in [1.807, 2.05) is 0 Å². The first-order valence-electron chi connectivity index (χ1n) is 6.83. The zero-order chi connectivity index (χ0) is 16.0. The van der Waals surface area contributed by atoms with Crippen LogP contribution in [0.2, 0.25) is 0 Å². The Balaban J connectivity index is 2.70. The lowest BCUT2D eigenvalue weighted by Gasteiger charge is -2.25. The lowest BCUT2D eigenvalue weighted by molar-refractivity contribution is -0.190. The molecule has 0 heterocycles. The minimum Gasteiger partial charge on any atom is -0.481 e. The second-order valence-electron chi connectivity index (χ2n) is 4.94. The maximum atomic E-state index is 12.1. The van der Waals surface area contributed by atoms with Crippen LogP contribution in [0.1, 0.15) is 33.1 Å². The van der Waals surface area contributed by atoms with E-state index in [2.05, 4.69) is 6.58 Å². The molecule has 116 valence electrons. The predicted molar refractivity (Wildman–Crippen MR) is 74.1 cm³/mol. The Bertz CT molecular complexity index is 465. The summed E-state index contributed by atoms with van der Waals surface area (Å²) in [5, 5.41) is 9.13. The van der Waals surface area contributed by atoms with Gasteiger partial charge < -0.3 is 14.6 Å². The van der Waals surface area contributed by atoms with Crippen molar-refractivity contribution in [2.45, 2.75) is 39.4 Å². The molecule has 0 aliphatic heterocycles. The summed E-state index contributed by atoms with van der Waals surface area (Å²) in [4.78, 5) is 34.7. The first-order chi connectivity index (χ1) is 9.86. The highest BCUT2D eigenvalue weighted by atomic mass is 16.7. The Morgan fingerprint density at radius 2 is 2.05 bits per heavy atom. The van der Waals surface area contributed by atoms with Crippen LogP contribution in [-0.2, 0) is 23.9 Å². The zero-order valence-electron chi connectivity index (χ0n) is 12.2. The number of carboxylic acids is 1. The van der Waals surface area contributed by atoms with Gasteiger partial charge in [0.05, 0.1) is 11.8 Å². The Morgan fingerprint density at radius 3 is 2.57 bits per heavy atom. The smallest absolute Gasteiger partial charge is 0.336 e. The molecule has 3 unspecified atom stereocenters. The molecule has 1 N–H and O–H groups in total. The Morgan fingerprint density at radius 1 is 1.38 bits per heavy atom. The van der Waals surface area contributed by atoms with E-state index in [9.17, 15) is 14.4 Å². The lowest BCUT2D eigenvalue weighted by Crippen LogP contribution is -2.34. The van der Waals surface area contributed by atoms with Crippen LogP contribution < -0.4 is 0 Å². The zero-order valence-corrected chi connectivity index (χ0v) is 12.2. The van der Waals surface area contributed by atoms with Crippen LogP contribution in [0.3, 0.4) is 0 Å². The van der Waals surface area contributed by atoms with Gasteiger partial charge in [-0.1, -0.05) is 25.7 Å². The Hall–Kier alpha value is -2.11. The predicted octanol–water partition coefficient (Wildman–Crippen LogP) is 2.05. The molecule has 21 heavy (non-hydrogen) atoms. The van der Waals surface area contributed by atoms with Crippen molar-refractivity contribution in [1.82, 2.24) is 0 Å². The fraction of sp³-hybridized carbons (Fsp3) is 0.533. The van der Waals surface area contributed by atoms with Gasteiger partial charge in [-0.15, -0.1) is 0 Å². The minimum atomic E-state index is -1.04. The molecule has 0 aromatic carbocycles. The van der Waals surface area contributed by atoms with Crippen LogP contribution in [0.4, 0.5) is 0 Å². The molecule has 0 saturated heterocycles. The van der Waals surface area contributed by atoms with E-state index in [1.165, 1.54) is 13.0 Å². The average molecular weight is 296 g/mol. The summed E-state index contributed by atoms with van der Waals surface area (Å²) in [6.07, 6.45) is 3.53. The molecular weight excluding hydrogens is 276 g/mol. The van der Waals surface area contributed by atoms with Gasteiger partial charge in [-0.3, -0.25) is 9.59 Å². The van der Waals surface area contributed by atoms with E-state index in [-0.39, 0.29) is 12.0 Å². The minimum absolute atomic E-state index is 0.200. The topological polar surface area (TPSA) is 89.9 Å². The average Bonchev–Trinajstić information content (AvgIpc) is 2.45. The van der Waals surface area contributed by atoms with Crippen LogP contribution in [0.15, 0.2) is 24.3 Å². The summed E-state index contributed by atoms with van der Waals surface area (Å²) in [6, 6.07) is 0. The standard InChI is InChI=1S/C15H20O6/c1-4-12(20-14(18)9(2)3)21-15(19)11-8-6-5-7-10(11)13(16)17/h6,8,10-12H,2,4-5,7H2,1,3H3,(H,16,17). The summed E-state index contributed by atoms with van der Waals surface area (Å²) in [7, 11) is 0. The lowest BCUT2D eigenvalue weighted by atomic mass is 9.84. The summed E-state index contributed by atoms with van der Waals surface area (Å²) in [6.45, 7) is 6.62. The van der Waals surface area contributed by atoms with Crippen LogP contribution in [-0.4, -0.2) is 29.3 Å². The highest BCUT2D eigenvalue weighted by molar-refractivity contribution is 5.87. The molecular formula is C15H20O6. The van der Waals surface area contributed by atoms with Crippen molar-refractivity contribution in [2.75, 3.05) is 0 Å². The van der Waals surface area contributed by atoms with E-state index >= 15 is 0 Å². The number of ether oxygens (including phenoxy) is 2. The number of aliphatic carboxylic acids is 1. The first kappa shape index (κ1) is 16.9. The van der Waals surface area contributed by atoms with Gasteiger partial charge in [-0.05, 0) is 19.8 Å². The van der Waals surface area contributed by atoms with Crippen molar-refractivity contribution in [1.29, 1.82) is 0 Å². The van der Waals surface area contributed by atoms with Crippen LogP contribution in [0, 0.1) is 11.8 Å². The first-order valence-corrected chi connectivity index (χ1v) is 6.83. The molecule has 0 aromatic heterocycles. The van der Waals surface area contributed by atoms with E-state index < -0.39 is 36.0 Å². The van der Waals surface area contributed by atoms with Crippen LogP contribution in [0.5, 0.6) is 0 Å². The number of carbonyl (C=O) groups excluding carboxylic acids is 2. The maximum Gasteiger partial charge on any atom is 0.336 e. The largest absolute Gasteiger partial charge is 0.481 e. The second kappa shape index (κ2) is 7.61. The van der Waals surface area contributed by atoms with Gasteiger partial charge in [0.25, 0.3) is 0 Å². The molecule has 1 rings (SSSR count). The molecule has 1 aliphatic rings. The number of allylic oxidation sites excluding steroid dienone is 1. The van der Waals surface area contributed by atoms with Crippen molar-refractivity contribution < 1.29 is 29.0 Å². The van der Waals surface area contributed by atoms with Gasteiger partial charge in [-0.2, -0.15) is 0 Å². The fourth-order valence-corrected chi connectivity index (χ4v) is 1.97. The number of carboxylic acid groups (broad SMARTS) is 1. The van der Waals surface area contributed by atoms with Crippen molar-refractivity contribution in [3.05, 3.63) is 24.3 Å². The summed E-state index contributed by atoms with van der Waals surface area (Å²) >= 11 is 0. The van der Waals surface area contributed by atoms with Gasteiger partial charge in [0.15, 0.2) is 0 Å². The van der Waals surface area contributed by atoms with E-state index in [1.54, 1.807) is 13.0 Å². The van der Waals surface area contributed by atoms with Crippen LogP contribution in [0.25, 0.3) is 0 Å². The number of hydrogen-bond donors (Lipinski definition) is 1. The van der Waals surface area contributed by atoms with Crippen molar-refractivity contribution in [3.8, 4) is 0 Å². The molecule has 0 saturated carbocycles. The van der Waals surface area contributed by atoms with Gasteiger partial charge >= 0.3 is 17.9 Å². The van der Waals surface area contributed by atoms with Crippen molar-refractivity contribution in [3.63, 3.8) is 0 Å². The Labute approximate surface area is 123 Å². The van der Waals surface area contributed by atoms with Gasteiger partial charge in [0.1, 0.15) is 0 Å². The molecule has 0 aromatic rings. The van der Waals surface area contributed by atoms with Gasteiger partial charge in [-0.25, -0.2) is 4.79 Å². The molecule has 1 aliphatic carbocycles. The molecule has 0 amide bonds. The molecule has 0 radical (unpaired) electrons. The van der Waals surface area contributed by atoms with Gasteiger partial charge in [0, 0.05) is 12.0 Å². The Kier molecular flexibility index (Phi) is 6.14. The molecule has 6 heteroatoms. The SMILES string of the molecule is C=C(C)C(=O)OC(CC)OC(=O)C1C=CCCC1C(=O)O. The van der Waals surface area contributed by atoms with Crippen LogP contribution >= 0.6 is 0 Å². The summed E-state index contributed by atoms with van der Waals surface area (Å²) < 4.78 is 10.1. The quantitative estimate of drug-likeness (QED) is 0.349. The fourth-order valence-electron chi connectivity index (χ4n) is 1.97. The van der Waals surface area contributed by atoms with Gasteiger partial charge in [0.2, 0.25) is 6.29 Å². The van der Waals surface area contributed by atoms with E-state index in [0.717, 1.165) is 0 Å². The number of hydrogen-bond acceptors (Lipinski definition) is 5. The monoisotopic (exact) mass is 296 g/mol. The normalized spacial score (nSPS) is 22.2. The molecule has 6 nitrogen and oxygen atoms in total. The van der Waals surface area contributed by atoms with Crippen molar-refractivity contribution in [2.24, 2.45) is 11.8 Å². The maximum absolute atomic E-state index is 12.1. The summed E-state index contributed by atoms with van der Waals surface area (Å²) in [5.41, 5.74) is 0.200. The third-order valence-corrected chi connectivity index (χ3v) is 3.18. The molecule has 0 spiro atoms. The third-order valence-electron chi connectivity index (χ3n) is 3.18. The molecule has 0 fully saturated rings. The molecule has 3 atom stereocenters. The third kappa shape index (κ3) is 4.73. The molecule has 0 bridgehead atoms. The number of rotatable bonds is 6. The van der Waals surface area contributed by atoms with Crippen molar-refractivity contribution >= 4 is 17.9 Å². The summed E-state index contributed by atoms with van der Waals surface area (Å²) in [5.74, 6) is -4.04. The highest BCUT2D eigenvalue weighted by Gasteiger charge is 2.35.